The van der Waals surface area contributed by atoms with Crippen molar-refractivity contribution in [3.8, 4) is 0 Å². The van der Waals surface area contributed by atoms with Gasteiger partial charge in [-0.1, -0.05) is 60.2 Å². The number of rotatable bonds is 2. The Hall–Kier alpha value is -2.42. The fraction of sp³-hybridized carbons (Fsp3) is 0.176. The Balaban J connectivity index is 1.89. The van der Waals surface area contributed by atoms with Crippen LogP contribution in [0.15, 0.2) is 59.7 Å². The van der Waals surface area contributed by atoms with Gasteiger partial charge in [0.1, 0.15) is 0 Å². The van der Waals surface area contributed by atoms with E-state index in [1.807, 2.05) is 61.5 Å². The van der Waals surface area contributed by atoms with Crippen LogP contribution in [0.1, 0.15) is 29.0 Å². The average Bonchev–Trinajstić information content (AvgIpc) is 2.50. The molecule has 1 aliphatic heterocycles. The van der Waals surface area contributed by atoms with Gasteiger partial charge in [0.05, 0.1) is 11.6 Å². The Morgan fingerprint density at radius 1 is 1.05 bits per heavy atom. The van der Waals surface area contributed by atoms with Crippen LogP contribution < -0.4 is 5.43 Å². The molecule has 0 saturated heterocycles. The van der Waals surface area contributed by atoms with Gasteiger partial charge in [-0.05, 0) is 18.1 Å². The number of amides is 1. The van der Waals surface area contributed by atoms with Crippen LogP contribution in [-0.4, -0.2) is 11.6 Å². The highest BCUT2D eigenvalue weighted by Crippen LogP contribution is 2.25. The molecule has 0 fully saturated rings. The van der Waals surface area contributed by atoms with Crippen molar-refractivity contribution in [2.24, 2.45) is 5.10 Å². The Labute approximate surface area is 118 Å². The third-order valence-corrected chi connectivity index (χ3v) is 3.60. The molecule has 1 atom stereocenters. The van der Waals surface area contributed by atoms with Crippen LogP contribution in [0.2, 0.25) is 0 Å². The molecular weight excluding hydrogens is 248 g/mol. The van der Waals surface area contributed by atoms with E-state index in [1.165, 1.54) is 5.56 Å². The van der Waals surface area contributed by atoms with E-state index in [9.17, 15) is 4.79 Å². The molecule has 0 aromatic heterocycles. The number of nitrogens with one attached hydrogen (secondary N) is 1. The van der Waals surface area contributed by atoms with Gasteiger partial charge in [-0.3, -0.25) is 4.79 Å². The lowest BCUT2D eigenvalue weighted by atomic mass is 9.89. The predicted molar refractivity (Wildman–Crippen MR) is 79.7 cm³/mol. The second-order valence-corrected chi connectivity index (χ2v) is 5.07. The molecule has 2 aromatic carbocycles. The molecule has 3 nitrogen and oxygen atoms in total. The fourth-order valence-corrected chi connectivity index (χ4v) is 2.41. The molecule has 20 heavy (non-hydrogen) atoms. The van der Waals surface area contributed by atoms with Crippen molar-refractivity contribution in [2.45, 2.75) is 19.3 Å². The van der Waals surface area contributed by atoms with Crippen molar-refractivity contribution in [3.05, 3.63) is 71.3 Å². The summed E-state index contributed by atoms with van der Waals surface area (Å²) in [7, 11) is 0. The minimum atomic E-state index is -0.164. The van der Waals surface area contributed by atoms with Crippen molar-refractivity contribution < 1.29 is 4.79 Å². The maximum atomic E-state index is 12.0. The van der Waals surface area contributed by atoms with E-state index in [4.69, 9.17) is 0 Å². The standard InChI is InChI=1S/C17H16N2O/c1-12-7-9-13(10-8-12)15-11-16(18-19-17(15)20)14-5-3-2-4-6-14/h2-10,15H,11H2,1H3,(H,19,20). The number of hydrogen-bond donors (Lipinski definition) is 1. The van der Waals surface area contributed by atoms with Gasteiger partial charge in [-0.2, -0.15) is 5.10 Å². The molecular formula is C17H16N2O. The number of hydrazone groups is 1. The lowest BCUT2D eigenvalue weighted by Crippen LogP contribution is -2.33. The van der Waals surface area contributed by atoms with Crippen molar-refractivity contribution in [3.63, 3.8) is 0 Å². The minimum absolute atomic E-state index is 0.0338. The zero-order valence-corrected chi connectivity index (χ0v) is 11.3. The van der Waals surface area contributed by atoms with E-state index < -0.39 is 0 Å². The maximum absolute atomic E-state index is 12.0. The van der Waals surface area contributed by atoms with Gasteiger partial charge in [0.25, 0.3) is 0 Å². The normalized spacial score (nSPS) is 18.4. The summed E-state index contributed by atoms with van der Waals surface area (Å²) in [6.07, 6.45) is 0.638. The second kappa shape index (κ2) is 5.29. The molecule has 0 saturated carbocycles. The van der Waals surface area contributed by atoms with E-state index in [0.29, 0.717) is 6.42 Å². The monoisotopic (exact) mass is 264 g/mol. The van der Waals surface area contributed by atoms with Crippen LogP contribution in [0, 0.1) is 6.92 Å². The minimum Gasteiger partial charge on any atom is -0.272 e. The number of carbonyl (C=O) groups excluding carboxylic acids is 1. The molecule has 3 heteroatoms. The molecule has 1 heterocycles. The van der Waals surface area contributed by atoms with Crippen LogP contribution in [-0.2, 0) is 4.79 Å². The first kappa shape index (κ1) is 12.6. The van der Waals surface area contributed by atoms with E-state index in [-0.39, 0.29) is 11.8 Å². The largest absolute Gasteiger partial charge is 0.272 e. The quantitative estimate of drug-likeness (QED) is 0.890. The van der Waals surface area contributed by atoms with Crippen LogP contribution in [0.3, 0.4) is 0 Å². The molecule has 100 valence electrons. The average molecular weight is 264 g/mol. The van der Waals surface area contributed by atoms with Gasteiger partial charge in [0.2, 0.25) is 5.91 Å². The number of aryl methyl sites for hydroxylation is 1. The Morgan fingerprint density at radius 3 is 2.45 bits per heavy atom. The molecule has 0 aliphatic carbocycles. The number of nitrogens with zero attached hydrogens (tertiary/aromatic N) is 1. The highest BCUT2D eigenvalue weighted by atomic mass is 16.2. The number of hydrogen-bond acceptors (Lipinski definition) is 2. The zero-order chi connectivity index (χ0) is 13.9. The molecule has 0 spiro atoms. The van der Waals surface area contributed by atoms with Crippen molar-refractivity contribution in [1.29, 1.82) is 0 Å². The SMILES string of the molecule is Cc1ccc(C2CC(c3ccccc3)=NNC2=O)cc1. The highest BCUT2D eigenvalue weighted by Gasteiger charge is 2.26. The summed E-state index contributed by atoms with van der Waals surface area (Å²) in [4.78, 5) is 12.0. The van der Waals surface area contributed by atoms with Crippen molar-refractivity contribution in [2.75, 3.05) is 0 Å². The van der Waals surface area contributed by atoms with Gasteiger partial charge in [0.15, 0.2) is 0 Å². The molecule has 1 unspecified atom stereocenters. The second-order valence-electron chi connectivity index (χ2n) is 5.07. The topological polar surface area (TPSA) is 41.5 Å². The predicted octanol–water partition coefficient (Wildman–Crippen LogP) is 3.00. The molecule has 0 bridgehead atoms. The van der Waals surface area contributed by atoms with Crippen LogP contribution in [0.25, 0.3) is 0 Å². The Kier molecular flexibility index (Phi) is 3.33. The summed E-state index contributed by atoms with van der Waals surface area (Å²) in [6.45, 7) is 2.04. The summed E-state index contributed by atoms with van der Waals surface area (Å²) >= 11 is 0. The van der Waals surface area contributed by atoms with Crippen LogP contribution in [0.4, 0.5) is 0 Å². The van der Waals surface area contributed by atoms with E-state index in [1.54, 1.807) is 0 Å². The van der Waals surface area contributed by atoms with Crippen molar-refractivity contribution in [1.82, 2.24) is 5.43 Å². The third kappa shape index (κ3) is 2.48. The molecule has 3 rings (SSSR count). The van der Waals surface area contributed by atoms with E-state index in [0.717, 1.165) is 16.8 Å². The summed E-state index contributed by atoms with van der Waals surface area (Å²) in [6, 6.07) is 18.1. The molecule has 1 N–H and O–H groups in total. The zero-order valence-electron chi connectivity index (χ0n) is 11.3. The molecule has 0 radical (unpaired) electrons. The van der Waals surface area contributed by atoms with E-state index in [2.05, 4.69) is 10.5 Å². The summed E-state index contributed by atoms with van der Waals surface area (Å²) in [5.74, 6) is -0.197. The number of benzene rings is 2. The lowest BCUT2D eigenvalue weighted by molar-refractivity contribution is -0.122. The summed E-state index contributed by atoms with van der Waals surface area (Å²) < 4.78 is 0. The van der Waals surface area contributed by atoms with Gasteiger partial charge in [-0.25, -0.2) is 5.43 Å². The maximum Gasteiger partial charge on any atom is 0.248 e. The Bertz CT molecular complexity index is 644. The van der Waals surface area contributed by atoms with Crippen molar-refractivity contribution >= 4 is 11.6 Å². The first-order valence-electron chi connectivity index (χ1n) is 6.72. The fourth-order valence-electron chi connectivity index (χ4n) is 2.41. The molecule has 2 aromatic rings. The van der Waals surface area contributed by atoms with Gasteiger partial charge < -0.3 is 0 Å². The Morgan fingerprint density at radius 2 is 1.75 bits per heavy atom. The van der Waals surface area contributed by atoms with Crippen LogP contribution >= 0.6 is 0 Å². The first-order valence-corrected chi connectivity index (χ1v) is 6.72. The third-order valence-electron chi connectivity index (χ3n) is 3.60. The molecule has 1 aliphatic rings. The van der Waals surface area contributed by atoms with E-state index >= 15 is 0 Å². The first-order chi connectivity index (χ1) is 9.74. The summed E-state index contributed by atoms with van der Waals surface area (Å²) in [5.41, 5.74) is 6.86. The van der Waals surface area contributed by atoms with Gasteiger partial charge in [-0.15, -0.1) is 0 Å². The number of carbonyl (C=O) groups is 1. The summed E-state index contributed by atoms with van der Waals surface area (Å²) in [5, 5.41) is 4.19. The lowest BCUT2D eigenvalue weighted by Gasteiger charge is -2.22. The molecule has 1 amide bonds. The van der Waals surface area contributed by atoms with Gasteiger partial charge in [0, 0.05) is 6.42 Å². The van der Waals surface area contributed by atoms with Crippen LogP contribution in [0.5, 0.6) is 0 Å². The highest BCUT2D eigenvalue weighted by molar-refractivity contribution is 6.06. The smallest absolute Gasteiger partial charge is 0.248 e. The van der Waals surface area contributed by atoms with Gasteiger partial charge >= 0.3 is 0 Å².